The normalized spacial score (nSPS) is 21.6. The zero-order valence-electron chi connectivity index (χ0n) is 15.1. The van der Waals surface area contributed by atoms with Crippen LogP contribution in [-0.4, -0.2) is 44.0 Å². The van der Waals surface area contributed by atoms with E-state index >= 15 is 0 Å². The van der Waals surface area contributed by atoms with Crippen LogP contribution in [0, 0.1) is 0 Å². The minimum absolute atomic E-state index is 0.00927. The summed E-state index contributed by atoms with van der Waals surface area (Å²) >= 11 is 8.21. The maximum atomic E-state index is 13.1. The summed E-state index contributed by atoms with van der Waals surface area (Å²) in [5.74, 6) is -0.256. The second-order valence-electron chi connectivity index (χ2n) is 6.67. The molecule has 2 aliphatic heterocycles. The van der Waals surface area contributed by atoms with Gasteiger partial charge in [0.2, 0.25) is 5.91 Å². The minimum Gasteiger partial charge on any atom is -0.334 e. The molecule has 2 fully saturated rings. The first-order valence-corrected chi connectivity index (χ1v) is 11.2. The molecule has 144 valence electrons. The van der Waals surface area contributed by atoms with Crippen molar-refractivity contribution in [2.45, 2.75) is 25.3 Å². The van der Waals surface area contributed by atoms with Gasteiger partial charge in [0, 0.05) is 23.8 Å². The highest BCUT2D eigenvalue weighted by Crippen LogP contribution is 2.35. The molecule has 0 bridgehead atoms. The molecule has 0 radical (unpaired) electrons. The molecule has 2 amide bonds. The number of thiocarbonyl (C=S) groups is 1. The van der Waals surface area contributed by atoms with Crippen LogP contribution in [0.3, 0.4) is 0 Å². The van der Waals surface area contributed by atoms with E-state index in [2.05, 4.69) is 4.98 Å². The predicted octanol–water partition coefficient (Wildman–Crippen LogP) is 4.10. The van der Waals surface area contributed by atoms with Crippen LogP contribution in [0.25, 0.3) is 6.08 Å². The molecule has 1 unspecified atom stereocenters. The number of piperidine rings is 1. The van der Waals surface area contributed by atoms with Crippen LogP contribution in [0.4, 0.5) is 0 Å². The van der Waals surface area contributed by atoms with Crippen molar-refractivity contribution in [1.29, 1.82) is 0 Å². The number of carbonyl (C=O) groups excluding carboxylic acids is 2. The van der Waals surface area contributed by atoms with E-state index in [1.165, 1.54) is 16.7 Å². The summed E-state index contributed by atoms with van der Waals surface area (Å²) in [5, 5.41) is 1.96. The molecule has 0 spiro atoms. The summed E-state index contributed by atoms with van der Waals surface area (Å²) in [6, 6.07) is 7.80. The topological polar surface area (TPSA) is 53.5 Å². The number of likely N-dealkylation sites (tertiary alicyclic amines) is 1. The zero-order chi connectivity index (χ0) is 19.5. The number of hydrogen-bond acceptors (Lipinski definition) is 6. The summed E-state index contributed by atoms with van der Waals surface area (Å²) in [6.45, 7) is 0.682. The molecule has 2 aliphatic rings. The molecule has 4 rings (SSSR count). The Kier molecular flexibility index (Phi) is 5.89. The van der Waals surface area contributed by atoms with Crippen LogP contribution in [-0.2, 0) is 9.59 Å². The molecule has 0 N–H and O–H groups in total. The Bertz CT molecular complexity index is 912. The Morgan fingerprint density at radius 3 is 2.96 bits per heavy atom. The highest BCUT2D eigenvalue weighted by atomic mass is 32.2. The van der Waals surface area contributed by atoms with Crippen LogP contribution >= 0.6 is 35.3 Å². The second kappa shape index (κ2) is 8.55. The third kappa shape index (κ3) is 4.04. The first-order chi connectivity index (χ1) is 13.6. The Morgan fingerprint density at radius 1 is 1.32 bits per heavy atom. The molecule has 2 saturated heterocycles. The van der Waals surface area contributed by atoms with Gasteiger partial charge in [-0.3, -0.25) is 19.5 Å². The number of carbonyl (C=O) groups is 2. The number of nitrogens with zero attached hydrogens (tertiary/aromatic N) is 3. The number of rotatable bonds is 4. The fourth-order valence-electron chi connectivity index (χ4n) is 3.51. The Morgan fingerprint density at radius 2 is 2.21 bits per heavy atom. The third-order valence-corrected chi connectivity index (χ3v) is 7.07. The summed E-state index contributed by atoms with van der Waals surface area (Å²) in [6.07, 6.45) is 8.35. The summed E-state index contributed by atoms with van der Waals surface area (Å²) in [5.41, 5.74) is 1.04. The van der Waals surface area contributed by atoms with Crippen molar-refractivity contribution in [3.8, 4) is 0 Å². The minimum atomic E-state index is -0.188. The lowest BCUT2D eigenvalue weighted by molar-refractivity contribution is -0.138. The molecule has 0 aliphatic carbocycles. The van der Waals surface area contributed by atoms with Crippen molar-refractivity contribution >= 4 is 57.5 Å². The molecule has 1 atom stereocenters. The average molecular weight is 430 g/mol. The van der Waals surface area contributed by atoms with Gasteiger partial charge in [0.15, 0.2) is 0 Å². The Labute approximate surface area is 177 Å². The number of amides is 2. The van der Waals surface area contributed by atoms with E-state index < -0.39 is 0 Å². The molecule has 8 heteroatoms. The quantitative estimate of drug-likeness (QED) is 0.541. The van der Waals surface area contributed by atoms with E-state index in [0.29, 0.717) is 15.8 Å². The standard InChI is InChI=1S/C20H19N3O2S3/c24-18(22-9-2-1-7-16(22)14-5-3-8-21-12-14)13-23-19(25)17(28-20(23)26)11-15-6-4-10-27-15/h3-6,8,10-12,16H,1-2,7,9,13H2/b17-11+. The van der Waals surface area contributed by atoms with Gasteiger partial charge in [-0.25, -0.2) is 0 Å². The summed E-state index contributed by atoms with van der Waals surface area (Å²) in [7, 11) is 0. The molecule has 4 heterocycles. The smallest absolute Gasteiger partial charge is 0.266 e. The van der Waals surface area contributed by atoms with Crippen LogP contribution < -0.4 is 0 Å². The first kappa shape index (κ1) is 19.3. The van der Waals surface area contributed by atoms with Crippen LogP contribution in [0.1, 0.15) is 35.7 Å². The lowest BCUT2D eigenvalue weighted by Gasteiger charge is -2.36. The molecule has 0 saturated carbocycles. The summed E-state index contributed by atoms with van der Waals surface area (Å²) in [4.78, 5) is 34.9. The molecule has 2 aromatic rings. The Hall–Kier alpha value is -2.03. The number of thiophene rings is 1. The van der Waals surface area contributed by atoms with Gasteiger partial charge in [-0.2, -0.15) is 0 Å². The third-order valence-electron chi connectivity index (χ3n) is 4.88. The molecule has 0 aromatic carbocycles. The lowest BCUT2D eigenvalue weighted by Crippen LogP contribution is -2.45. The number of aromatic nitrogens is 1. The Balaban J connectivity index is 1.49. The van der Waals surface area contributed by atoms with Crippen molar-refractivity contribution in [3.05, 3.63) is 57.4 Å². The highest BCUT2D eigenvalue weighted by Gasteiger charge is 2.36. The number of thioether (sulfide) groups is 1. The van der Waals surface area contributed by atoms with Crippen molar-refractivity contribution in [2.24, 2.45) is 0 Å². The van der Waals surface area contributed by atoms with Crippen molar-refractivity contribution in [1.82, 2.24) is 14.8 Å². The molecule has 2 aromatic heterocycles. The fraction of sp³-hybridized carbons (Fsp3) is 0.300. The SMILES string of the molecule is O=C1/C(=C\c2cccs2)SC(=S)N1CC(=O)N1CCCCC1c1cccnc1. The van der Waals surface area contributed by atoms with Gasteiger partial charge >= 0.3 is 0 Å². The van der Waals surface area contributed by atoms with E-state index in [0.717, 1.165) is 29.7 Å². The summed E-state index contributed by atoms with van der Waals surface area (Å²) < 4.78 is 0.441. The van der Waals surface area contributed by atoms with Crippen molar-refractivity contribution in [3.63, 3.8) is 0 Å². The zero-order valence-corrected chi connectivity index (χ0v) is 17.6. The van der Waals surface area contributed by atoms with Gasteiger partial charge in [0.25, 0.3) is 5.91 Å². The van der Waals surface area contributed by atoms with Gasteiger partial charge < -0.3 is 4.90 Å². The van der Waals surface area contributed by atoms with Crippen molar-refractivity contribution < 1.29 is 9.59 Å². The highest BCUT2D eigenvalue weighted by molar-refractivity contribution is 8.26. The van der Waals surface area contributed by atoms with Crippen LogP contribution in [0.5, 0.6) is 0 Å². The number of hydrogen-bond donors (Lipinski definition) is 0. The van der Waals surface area contributed by atoms with Gasteiger partial charge in [0.05, 0.1) is 10.9 Å². The van der Waals surface area contributed by atoms with Gasteiger partial charge in [-0.15, -0.1) is 11.3 Å². The van der Waals surface area contributed by atoms with Crippen LogP contribution in [0.15, 0.2) is 46.9 Å². The van der Waals surface area contributed by atoms with E-state index in [9.17, 15) is 9.59 Å². The molecule has 5 nitrogen and oxygen atoms in total. The first-order valence-electron chi connectivity index (χ1n) is 9.12. The largest absolute Gasteiger partial charge is 0.334 e. The second-order valence-corrected chi connectivity index (χ2v) is 9.32. The van der Waals surface area contributed by atoms with E-state index in [-0.39, 0.29) is 24.4 Å². The van der Waals surface area contributed by atoms with Gasteiger partial charge in [0.1, 0.15) is 10.9 Å². The van der Waals surface area contributed by atoms with Gasteiger partial charge in [-0.1, -0.05) is 36.1 Å². The number of pyridine rings is 1. The van der Waals surface area contributed by atoms with E-state index in [1.54, 1.807) is 17.5 Å². The van der Waals surface area contributed by atoms with Crippen LogP contribution in [0.2, 0.25) is 0 Å². The van der Waals surface area contributed by atoms with Gasteiger partial charge in [-0.05, 0) is 48.4 Å². The fourth-order valence-corrected chi connectivity index (χ4v) is 5.49. The monoisotopic (exact) mass is 429 g/mol. The maximum absolute atomic E-state index is 13.1. The average Bonchev–Trinajstić information content (AvgIpc) is 3.33. The molecular weight excluding hydrogens is 410 g/mol. The van der Waals surface area contributed by atoms with E-state index in [1.807, 2.05) is 46.8 Å². The maximum Gasteiger partial charge on any atom is 0.266 e. The van der Waals surface area contributed by atoms with E-state index in [4.69, 9.17) is 12.2 Å². The molecular formula is C20H19N3O2S3. The predicted molar refractivity (Wildman–Crippen MR) is 117 cm³/mol. The molecule has 28 heavy (non-hydrogen) atoms. The van der Waals surface area contributed by atoms with Crippen molar-refractivity contribution in [2.75, 3.05) is 13.1 Å². The lowest BCUT2D eigenvalue weighted by atomic mass is 9.96.